The van der Waals surface area contributed by atoms with Gasteiger partial charge in [0.1, 0.15) is 0 Å². The molecule has 142 valence electrons. The summed E-state index contributed by atoms with van der Waals surface area (Å²) in [6.07, 6.45) is 6.45. The second-order valence-corrected chi connectivity index (χ2v) is 7.92. The number of aromatic nitrogens is 1. The number of amides is 1. The van der Waals surface area contributed by atoms with Gasteiger partial charge in [0.15, 0.2) is 0 Å². The van der Waals surface area contributed by atoms with Crippen LogP contribution in [0.15, 0.2) is 23.1 Å². The first-order valence-corrected chi connectivity index (χ1v) is 9.99. The molecular weight excluding hydrogens is 330 g/mol. The van der Waals surface area contributed by atoms with E-state index in [0.717, 1.165) is 45.1 Å². The van der Waals surface area contributed by atoms with Crippen molar-refractivity contribution < 1.29 is 9.53 Å². The maximum atomic E-state index is 12.7. The molecule has 0 spiro atoms. The van der Waals surface area contributed by atoms with Crippen molar-refractivity contribution in [1.29, 1.82) is 0 Å². The summed E-state index contributed by atoms with van der Waals surface area (Å²) in [6, 6.07) is 3.97. The lowest BCUT2D eigenvalue weighted by atomic mass is 9.98. The van der Waals surface area contributed by atoms with Gasteiger partial charge in [-0.1, -0.05) is 0 Å². The molecule has 0 aromatic carbocycles. The van der Waals surface area contributed by atoms with E-state index in [0.29, 0.717) is 24.1 Å². The Morgan fingerprint density at radius 3 is 2.65 bits per heavy atom. The minimum Gasteiger partial charge on any atom is -0.381 e. The lowest BCUT2D eigenvalue weighted by Gasteiger charge is -2.31. The zero-order valence-corrected chi connectivity index (χ0v) is 15.5. The van der Waals surface area contributed by atoms with Gasteiger partial charge >= 0.3 is 0 Å². The highest BCUT2D eigenvalue weighted by molar-refractivity contribution is 5.94. The van der Waals surface area contributed by atoms with E-state index >= 15 is 0 Å². The van der Waals surface area contributed by atoms with Crippen LogP contribution in [-0.2, 0) is 11.3 Å². The largest absolute Gasteiger partial charge is 0.381 e. The minimum atomic E-state index is -0.117. The van der Waals surface area contributed by atoms with Gasteiger partial charge in [-0.15, -0.1) is 0 Å². The molecule has 1 N–H and O–H groups in total. The Hall–Kier alpha value is -1.66. The fourth-order valence-electron chi connectivity index (χ4n) is 4.53. The van der Waals surface area contributed by atoms with Crippen LogP contribution in [0.25, 0.3) is 0 Å². The molecule has 2 saturated heterocycles. The quantitative estimate of drug-likeness (QED) is 0.865. The number of ether oxygens (including phenoxy) is 1. The topological polar surface area (TPSA) is 63.6 Å². The van der Waals surface area contributed by atoms with Crippen molar-refractivity contribution in [3.05, 3.63) is 34.2 Å². The van der Waals surface area contributed by atoms with E-state index in [1.807, 2.05) is 6.92 Å². The normalized spacial score (nSPS) is 27.6. The third kappa shape index (κ3) is 3.71. The third-order valence-corrected chi connectivity index (χ3v) is 6.24. The number of nitrogens with one attached hydrogen (secondary N) is 1. The van der Waals surface area contributed by atoms with Crippen molar-refractivity contribution in [2.75, 3.05) is 26.3 Å². The summed E-state index contributed by atoms with van der Waals surface area (Å²) >= 11 is 0. The van der Waals surface area contributed by atoms with Crippen LogP contribution in [0.3, 0.4) is 0 Å². The van der Waals surface area contributed by atoms with E-state index in [-0.39, 0.29) is 17.5 Å². The van der Waals surface area contributed by atoms with Crippen molar-refractivity contribution in [3.8, 4) is 0 Å². The van der Waals surface area contributed by atoms with Crippen LogP contribution >= 0.6 is 0 Å². The maximum Gasteiger partial charge on any atom is 0.251 e. The zero-order chi connectivity index (χ0) is 18.1. The molecule has 1 amide bonds. The van der Waals surface area contributed by atoms with Gasteiger partial charge in [0.2, 0.25) is 0 Å². The van der Waals surface area contributed by atoms with Gasteiger partial charge in [0.25, 0.3) is 11.5 Å². The summed E-state index contributed by atoms with van der Waals surface area (Å²) in [5, 5.41) is 3.24. The molecule has 2 aliphatic heterocycles. The fourth-order valence-corrected chi connectivity index (χ4v) is 4.53. The van der Waals surface area contributed by atoms with Crippen molar-refractivity contribution in [2.24, 2.45) is 11.8 Å². The minimum absolute atomic E-state index is 0.116. The molecule has 0 radical (unpaired) electrons. The Labute approximate surface area is 154 Å². The maximum absolute atomic E-state index is 12.7. The van der Waals surface area contributed by atoms with Crippen LogP contribution in [0.5, 0.6) is 0 Å². The van der Waals surface area contributed by atoms with E-state index in [1.54, 1.807) is 16.8 Å². The van der Waals surface area contributed by atoms with Gasteiger partial charge < -0.3 is 14.6 Å². The summed E-state index contributed by atoms with van der Waals surface area (Å²) in [5.41, 5.74) is 0.355. The first-order valence-electron chi connectivity index (χ1n) is 9.99. The predicted octanol–water partition coefficient (Wildman–Crippen LogP) is 1.49. The van der Waals surface area contributed by atoms with Crippen molar-refractivity contribution in [1.82, 2.24) is 14.8 Å². The summed E-state index contributed by atoms with van der Waals surface area (Å²) < 4.78 is 7.10. The predicted molar refractivity (Wildman–Crippen MR) is 99.3 cm³/mol. The zero-order valence-electron chi connectivity index (χ0n) is 15.5. The lowest BCUT2D eigenvalue weighted by molar-refractivity contribution is 0.0404. The molecule has 2 atom stereocenters. The van der Waals surface area contributed by atoms with Crippen LogP contribution < -0.4 is 10.9 Å². The standard InChI is InChI=1S/C20H29N3O3/c1-2-22-8-5-15(11-19(22)24)20(25)21-18-13-23(12-17(18)14-3-4-14)16-6-9-26-10-7-16/h5,8,11,14,16-18H,2-4,6-7,9-10,12-13H2,1H3,(H,21,25)/t17-,18+/m1/s1. The summed E-state index contributed by atoms with van der Waals surface area (Å²) in [5.74, 6) is 1.17. The number of hydrogen-bond acceptors (Lipinski definition) is 4. The molecule has 26 heavy (non-hydrogen) atoms. The van der Waals surface area contributed by atoms with Gasteiger partial charge in [-0.05, 0) is 50.5 Å². The van der Waals surface area contributed by atoms with Crippen LogP contribution in [-0.4, -0.2) is 53.8 Å². The van der Waals surface area contributed by atoms with Gasteiger partial charge in [-0.3, -0.25) is 14.5 Å². The van der Waals surface area contributed by atoms with E-state index in [2.05, 4.69) is 10.2 Å². The molecule has 1 aromatic heterocycles. The van der Waals surface area contributed by atoms with E-state index < -0.39 is 0 Å². The number of carbonyl (C=O) groups is 1. The highest BCUT2D eigenvalue weighted by Gasteiger charge is 2.44. The molecule has 6 heteroatoms. The van der Waals surface area contributed by atoms with Gasteiger partial charge in [0.05, 0.1) is 0 Å². The fraction of sp³-hybridized carbons (Fsp3) is 0.700. The summed E-state index contributed by atoms with van der Waals surface area (Å²) in [4.78, 5) is 27.3. The Balaban J connectivity index is 1.44. The Morgan fingerprint density at radius 2 is 2.00 bits per heavy atom. The number of rotatable bonds is 5. The Kier molecular flexibility index (Phi) is 5.14. The molecule has 3 fully saturated rings. The monoisotopic (exact) mass is 359 g/mol. The highest BCUT2D eigenvalue weighted by Crippen LogP contribution is 2.42. The molecule has 4 rings (SSSR count). The molecule has 0 unspecified atom stereocenters. The van der Waals surface area contributed by atoms with Crippen LogP contribution in [0.4, 0.5) is 0 Å². The highest BCUT2D eigenvalue weighted by atomic mass is 16.5. The third-order valence-electron chi connectivity index (χ3n) is 6.24. The molecule has 6 nitrogen and oxygen atoms in total. The number of nitrogens with zero attached hydrogens (tertiary/aromatic N) is 2. The Bertz CT molecular complexity index is 706. The van der Waals surface area contributed by atoms with E-state index in [4.69, 9.17) is 4.74 Å². The van der Waals surface area contributed by atoms with Gasteiger partial charge in [-0.25, -0.2) is 0 Å². The molecule has 3 heterocycles. The SMILES string of the molecule is CCn1ccc(C(=O)N[C@H]2CN(C3CCOCC3)C[C@@H]2C2CC2)cc1=O. The number of carbonyl (C=O) groups excluding carboxylic acids is 1. The van der Waals surface area contributed by atoms with Crippen LogP contribution in [0.2, 0.25) is 0 Å². The smallest absolute Gasteiger partial charge is 0.251 e. The average molecular weight is 359 g/mol. The van der Waals surface area contributed by atoms with Crippen LogP contribution in [0, 0.1) is 11.8 Å². The molecule has 3 aliphatic rings. The number of hydrogen-bond donors (Lipinski definition) is 1. The van der Waals surface area contributed by atoms with E-state index in [1.165, 1.54) is 18.9 Å². The average Bonchev–Trinajstić information content (AvgIpc) is 3.43. The summed E-state index contributed by atoms with van der Waals surface area (Å²) in [7, 11) is 0. The number of aryl methyl sites for hydroxylation is 1. The molecule has 1 aromatic rings. The lowest BCUT2D eigenvalue weighted by Crippen LogP contribution is -2.43. The van der Waals surface area contributed by atoms with Crippen molar-refractivity contribution >= 4 is 5.91 Å². The first-order chi connectivity index (χ1) is 12.7. The second-order valence-electron chi connectivity index (χ2n) is 7.92. The number of pyridine rings is 1. The molecular formula is C20H29N3O3. The Morgan fingerprint density at radius 1 is 1.23 bits per heavy atom. The van der Waals surface area contributed by atoms with Crippen molar-refractivity contribution in [2.45, 2.75) is 51.2 Å². The second kappa shape index (κ2) is 7.53. The van der Waals surface area contributed by atoms with E-state index in [9.17, 15) is 9.59 Å². The van der Waals surface area contributed by atoms with Gasteiger partial charge in [0, 0.05) is 62.8 Å². The molecule has 1 aliphatic carbocycles. The van der Waals surface area contributed by atoms with Gasteiger partial charge in [-0.2, -0.15) is 0 Å². The van der Waals surface area contributed by atoms with Crippen LogP contribution in [0.1, 0.15) is 43.0 Å². The molecule has 1 saturated carbocycles. The number of likely N-dealkylation sites (tertiary alicyclic amines) is 1. The first kappa shape index (κ1) is 17.7. The summed E-state index contributed by atoms with van der Waals surface area (Å²) in [6.45, 7) is 6.24. The molecule has 0 bridgehead atoms. The van der Waals surface area contributed by atoms with Crippen molar-refractivity contribution in [3.63, 3.8) is 0 Å².